The number of primary amides is 1. The van der Waals surface area contributed by atoms with Gasteiger partial charge in [-0.15, -0.1) is 0 Å². The molecule has 0 atom stereocenters. The number of benzene rings is 2. The molecule has 0 aliphatic heterocycles. The molecular weight excluding hydrogens is 294 g/mol. The Hall–Kier alpha value is -2.09. The van der Waals surface area contributed by atoms with Gasteiger partial charge in [-0.2, -0.15) is 0 Å². The van der Waals surface area contributed by atoms with Gasteiger partial charge in [0.05, 0.1) is 0 Å². The first kappa shape index (κ1) is 20.0. The fourth-order valence-corrected chi connectivity index (χ4v) is 2.61. The van der Waals surface area contributed by atoms with Crippen LogP contribution >= 0.6 is 0 Å². The molecule has 0 fully saturated rings. The molecule has 2 aromatic rings. The van der Waals surface area contributed by atoms with Gasteiger partial charge in [-0.1, -0.05) is 77.9 Å². The van der Waals surface area contributed by atoms with Crippen LogP contribution in [0.3, 0.4) is 0 Å². The molecule has 24 heavy (non-hydrogen) atoms. The van der Waals surface area contributed by atoms with Crippen molar-refractivity contribution in [2.24, 2.45) is 5.73 Å². The lowest BCUT2D eigenvalue weighted by Crippen LogP contribution is -2.11. The molecule has 0 spiro atoms. The Morgan fingerprint density at radius 3 is 1.62 bits per heavy atom. The second kappa shape index (κ2) is 9.27. The van der Waals surface area contributed by atoms with E-state index in [-0.39, 0.29) is 5.91 Å². The van der Waals surface area contributed by atoms with Crippen molar-refractivity contribution < 1.29 is 4.79 Å². The zero-order chi connectivity index (χ0) is 18.3. The number of carbonyl (C=O) groups is 1. The van der Waals surface area contributed by atoms with Gasteiger partial charge < -0.3 is 5.73 Å². The van der Waals surface area contributed by atoms with Gasteiger partial charge >= 0.3 is 0 Å². The van der Waals surface area contributed by atoms with Crippen molar-refractivity contribution in [3.05, 3.63) is 70.8 Å². The number of amides is 1. The van der Waals surface area contributed by atoms with Crippen molar-refractivity contribution in [1.82, 2.24) is 0 Å². The molecule has 0 bridgehead atoms. The molecule has 0 heterocycles. The number of hydrogen-bond donors (Lipinski definition) is 1. The summed E-state index contributed by atoms with van der Waals surface area (Å²) >= 11 is 0. The Bertz CT molecular complexity index is 630. The molecule has 0 radical (unpaired) electrons. The Morgan fingerprint density at radius 2 is 1.25 bits per heavy atom. The summed E-state index contributed by atoms with van der Waals surface area (Å²) in [6, 6.07) is 16.1. The highest BCUT2D eigenvalue weighted by Crippen LogP contribution is 2.25. The zero-order valence-corrected chi connectivity index (χ0v) is 15.8. The lowest BCUT2D eigenvalue weighted by molar-refractivity contribution is 0.1000. The molecule has 2 heteroatoms. The first-order valence-corrected chi connectivity index (χ1v) is 8.72. The van der Waals surface area contributed by atoms with Crippen LogP contribution in [0.5, 0.6) is 0 Å². The second-order valence-electron chi connectivity index (χ2n) is 7.08. The summed E-state index contributed by atoms with van der Waals surface area (Å²) in [5.74, 6) is 1.36. The van der Waals surface area contributed by atoms with E-state index in [2.05, 4.69) is 65.8 Å². The molecule has 0 aliphatic carbocycles. The number of carbonyl (C=O) groups excluding carboxylic acids is 1. The van der Waals surface area contributed by atoms with Gasteiger partial charge in [-0.3, -0.25) is 4.79 Å². The van der Waals surface area contributed by atoms with E-state index in [0.717, 1.165) is 5.56 Å². The van der Waals surface area contributed by atoms with E-state index in [0.29, 0.717) is 23.3 Å². The molecule has 0 unspecified atom stereocenters. The van der Waals surface area contributed by atoms with E-state index in [9.17, 15) is 4.79 Å². The average Bonchev–Trinajstić information content (AvgIpc) is 2.55. The normalized spacial score (nSPS) is 10.7. The number of nitrogens with two attached hydrogens (primary N) is 1. The fourth-order valence-electron chi connectivity index (χ4n) is 2.61. The molecule has 0 saturated carbocycles. The third-order valence-electron chi connectivity index (χ3n) is 4.08. The molecule has 130 valence electrons. The maximum atomic E-state index is 10.8. The van der Waals surface area contributed by atoms with Gasteiger partial charge in [0.15, 0.2) is 0 Å². The Balaban J connectivity index is 0.000000240. The maximum Gasteiger partial charge on any atom is 0.248 e. The quantitative estimate of drug-likeness (QED) is 0.753. The van der Waals surface area contributed by atoms with Crippen molar-refractivity contribution in [2.75, 3.05) is 0 Å². The molecule has 0 aromatic heterocycles. The first-order chi connectivity index (χ1) is 11.2. The van der Waals surface area contributed by atoms with Crippen LogP contribution in [-0.4, -0.2) is 5.91 Å². The van der Waals surface area contributed by atoms with E-state index < -0.39 is 0 Å². The molecule has 2 rings (SSSR count). The summed E-state index contributed by atoms with van der Waals surface area (Å²) in [7, 11) is 0. The summed E-state index contributed by atoms with van der Waals surface area (Å²) in [6.07, 6.45) is 0. The number of hydrogen-bond acceptors (Lipinski definition) is 1. The topological polar surface area (TPSA) is 43.1 Å². The summed E-state index contributed by atoms with van der Waals surface area (Å²) in [6.45, 7) is 13.2. The Morgan fingerprint density at radius 1 is 0.750 bits per heavy atom. The standard InChI is InChI=1S/C12H18.C10H13NO/c1-9(2)11-7-5-6-8-12(11)10(3)4;1-7(2)8-4-3-5-9(6-8)10(11)12/h5-10H,1-4H3;3-7H,1-2H3,(H2,11,12). The largest absolute Gasteiger partial charge is 0.366 e. The van der Waals surface area contributed by atoms with Crippen LogP contribution in [0.4, 0.5) is 0 Å². The molecule has 0 saturated heterocycles. The summed E-state index contributed by atoms with van der Waals surface area (Å²) < 4.78 is 0. The minimum atomic E-state index is -0.363. The Labute approximate surface area is 147 Å². The van der Waals surface area contributed by atoms with Gasteiger partial charge in [0, 0.05) is 5.56 Å². The van der Waals surface area contributed by atoms with Gasteiger partial charge in [-0.25, -0.2) is 0 Å². The maximum absolute atomic E-state index is 10.8. The van der Waals surface area contributed by atoms with E-state index in [4.69, 9.17) is 5.73 Å². The van der Waals surface area contributed by atoms with E-state index in [1.165, 1.54) is 11.1 Å². The Kier molecular flexibility index (Phi) is 7.70. The molecule has 2 nitrogen and oxygen atoms in total. The predicted octanol–water partition coefficient (Wildman–Crippen LogP) is 5.84. The summed E-state index contributed by atoms with van der Waals surface area (Å²) in [5, 5.41) is 0. The summed E-state index contributed by atoms with van der Waals surface area (Å²) in [4.78, 5) is 10.8. The van der Waals surface area contributed by atoms with Crippen LogP contribution in [0, 0.1) is 0 Å². The van der Waals surface area contributed by atoms with Crippen LogP contribution in [0.25, 0.3) is 0 Å². The molecule has 1 amide bonds. The third-order valence-corrected chi connectivity index (χ3v) is 4.08. The highest BCUT2D eigenvalue weighted by atomic mass is 16.1. The molecule has 2 aromatic carbocycles. The second-order valence-corrected chi connectivity index (χ2v) is 7.08. The van der Waals surface area contributed by atoms with Crippen molar-refractivity contribution in [3.63, 3.8) is 0 Å². The lowest BCUT2D eigenvalue weighted by atomic mass is 9.91. The van der Waals surface area contributed by atoms with Gasteiger partial charge in [0.2, 0.25) is 5.91 Å². The van der Waals surface area contributed by atoms with E-state index in [1.807, 2.05) is 18.2 Å². The van der Waals surface area contributed by atoms with Gasteiger partial charge in [0.25, 0.3) is 0 Å². The first-order valence-electron chi connectivity index (χ1n) is 8.72. The van der Waals surface area contributed by atoms with Gasteiger partial charge in [0.1, 0.15) is 0 Å². The van der Waals surface area contributed by atoms with Crippen molar-refractivity contribution in [3.8, 4) is 0 Å². The highest BCUT2D eigenvalue weighted by Gasteiger charge is 2.07. The van der Waals surface area contributed by atoms with Crippen molar-refractivity contribution in [2.45, 2.75) is 59.3 Å². The SMILES string of the molecule is CC(C)c1cccc(C(N)=O)c1.CC(C)c1ccccc1C(C)C. The monoisotopic (exact) mass is 325 g/mol. The fraction of sp³-hybridized carbons (Fsp3) is 0.409. The number of rotatable bonds is 4. The van der Waals surface area contributed by atoms with Crippen LogP contribution < -0.4 is 5.73 Å². The minimum absolute atomic E-state index is 0.363. The smallest absolute Gasteiger partial charge is 0.248 e. The zero-order valence-electron chi connectivity index (χ0n) is 15.8. The van der Waals surface area contributed by atoms with Crippen molar-refractivity contribution >= 4 is 5.91 Å². The van der Waals surface area contributed by atoms with Crippen LogP contribution in [0.2, 0.25) is 0 Å². The lowest BCUT2D eigenvalue weighted by Gasteiger charge is -2.14. The summed E-state index contributed by atoms with van der Waals surface area (Å²) in [5.41, 5.74) is 9.86. The van der Waals surface area contributed by atoms with Crippen molar-refractivity contribution in [1.29, 1.82) is 0 Å². The van der Waals surface area contributed by atoms with E-state index in [1.54, 1.807) is 6.07 Å². The van der Waals surface area contributed by atoms with Crippen LogP contribution in [0.15, 0.2) is 48.5 Å². The average molecular weight is 325 g/mol. The highest BCUT2D eigenvalue weighted by molar-refractivity contribution is 5.92. The molecule has 2 N–H and O–H groups in total. The minimum Gasteiger partial charge on any atom is -0.366 e. The third kappa shape index (κ3) is 5.84. The van der Waals surface area contributed by atoms with Gasteiger partial charge in [-0.05, 0) is 46.6 Å². The molecule has 0 aliphatic rings. The van der Waals surface area contributed by atoms with Crippen LogP contribution in [-0.2, 0) is 0 Å². The van der Waals surface area contributed by atoms with E-state index >= 15 is 0 Å². The molecular formula is C22H31NO. The predicted molar refractivity (Wildman–Crippen MR) is 104 cm³/mol. The van der Waals surface area contributed by atoms with Crippen LogP contribution in [0.1, 0.15) is 86.3 Å².